The maximum absolute atomic E-state index is 6.59. The SMILES string of the molecule is CCCC(C)C(N(OC(C)c1ccccc1)C(C)(C)C)C(C)(C)C. The summed E-state index contributed by atoms with van der Waals surface area (Å²) in [6.45, 7) is 20.5. The Morgan fingerprint density at radius 1 is 0.958 bits per heavy atom. The molecule has 1 rings (SSSR count). The van der Waals surface area contributed by atoms with Crippen LogP contribution in [0, 0.1) is 11.3 Å². The monoisotopic (exact) mass is 333 g/mol. The summed E-state index contributed by atoms with van der Waals surface area (Å²) < 4.78 is 0. The van der Waals surface area contributed by atoms with Crippen molar-refractivity contribution in [1.29, 1.82) is 0 Å². The van der Waals surface area contributed by atoms with Crippen molar-refractivity contribution in [2.24, 2.45) is 11.3 Å². The number of benzene rings is 1. The molecule has 0 fully saturated rings. The van der Waals surface area contributed by atoms with Crippen LogP contribution in [0.25, 0.3) is 0 Å². The van der Waals surface area contributed by atoms with E-state index in [4.69, 9.17) is 4.84 Å². The van der Waals surface area contributed by atoms with Crippen LogP contribution < -0.4 is 0 Å². The van der Waals surface area contributed by atoms with E-state index in [0.29, 0.717) is 12.0 Å². The van der Waals surface area contributed by atoms with Gasteiger partial charge in [-0.1, -0.05) is 71.4 Å². The van der Waals surface area contributed by atoms with E-state index in [0.717, 1.165) is 0 Å². The van der Waals surface area contributed by atoms with E-state index in [-0.39, 0.29) is 17.1 Å². The van der Waals surface area contributed by atoms with Gasteiger partial charge in [0.25, 0.3) is 0 Å². The van der Waals surface area contributed by atoms with Crippen LogP contribution in [0.2, 0.25) is 0 Å². The number of hydrogen-bond donors (Lipinski definition) is 0. The third-order valence-corrected chi connectivity index (χ3v) is 4.62. The van der Waals surface area contributed by atoms with Gasteiger partial charge in [-0.3, -0.25) is 4.84 Å². The lowest BCUT2D eigenvalue weighted by Gasteiger charge is -2.49. The maximum Gasteiger partial charge on any atom is 0.101 e. The van der Waals surface area contributed by atoms with Gasteiger partial charge in [-0.15, -0.1) is 0 Å². The van der Waals surface area contributed by atoms with E-state index >= 15 is 0 Å². The summed E-state index contributed by atoms with van der Waals surface area (Å²) in [6.07, 6.45) is 2.47. The van der Waals surface area contributed by atoms with Crippen molar-refractivity contribution in [3.05, 3.63) is 35.9 Å². The number of hydroxylamine groups is 2. The Kier molecular flexibility index (Phi) is 7.49. The molecule has 0 saturated heterocycles. The van der Waals surface area contributed by atoms with Crippen molar-refractivity contribution in [3.8, 4) is 0 Å². The smallest absolute Gasteiger partial charge is 0.101 e. The van der Waals surface area contributed by atoms with Crippen LogP contribution >= 0.6 is 0 Å². The van der Waals surface area contributed by atoms with Crippen molar-refractivity contribution in [2.45, 2.75) is 92.8 Å². The lowest BCUT2D eigenvalue weighted by atomic mass is 9.76. The molecule has 24 heavy (non-hydrogen) atoms. The molecule has 0 bridgehead atoms. The predicted molar refractivity (Wildman–Crippen MR) is 105 cm³/mol. The quantitative estimate of drug-likeness (QED) is 0.519. The molecule has 2 nitrogen and oxygen atoms in total. The molecule has 0 amide bonds. The Morgan fingerprint density at radius 2 is 1.50 bits per heavy atom. The Hall–Kier alpha value is -0.860. The standard InChI is InChI=1S/C22H39NO/c1-10-14-17(2)20(21(4,5)6)23(22(7,8)9)24-18(3)19-15-12-11-13-16-19/h11-13,15-18,20H,10,14H2,1-9H3. The minimum absolute atomic E-state index is 0.0455. The van der Waals surface area contributed by atoms with Gasteiger partial charge < -0.3 is 0 Å². The van der Waals surface area contributed by atoms with Crippen LogP contribution in [-0.4, -0.2) is 16.6 Å². The largest absolute Gasteiger partial charge is 0.290 e. The van der Waals surface area contributed by atoms with Gasteiger partial charge in [0, 0.05) is 11.6 Å². The van der Waals surface area contributed by atoms with Crippen molar-refractivity contribution < 1.29 is 4.84 Å². The maximum atomic E-state index is 6.59. The predicted octanol–water partition coefficient (Wildman–Crippen LogP) is 6.63. The molecule has 0 saturated carbocycles. The molecule has 0 aliphatic carbocycles. The number of hydrogen-bond acceptors (Lipinski definition) is 2. The van der Waals surface area contributed by atoms with E-state index in [9.17, 15) is 0 Å². The first kappa shape index (κ1) is 21.2. The summed E-state index contributed by atoms with van der Waals surface area (Å²) in [7, 11) is 0. The van der Waals surface area contributed by atoms with Gasteiger partial charge in [-0.05, 0) is 51.0 Å². The lowest BCUT2D eigenvalue weighted by molar-refractivity contribution is -0.287. The molecule has 0 heterocycles. The highest BCUT2D eigenvalue weighted by Crippen LogP contribution is 2.38. The highest BCUT2D eigenvalue weighted by molar-refractivity contribution is 5.16. The third-order valence-electron chi connectivity index (χ3n) is 4.62. The normalized spacial score (nSPS) is 16.9. The minimum atomic E-state index is -0.0526. The first-order valence-corrected chi connectivity index (χ1v) is 9.49. The molecule has 0 aliphatic rings. The fraction of sp³-hybridized carbons (Fsp3) is 0.727. The summed E-state index contributed by atoms with van der Waals surface area (Å²) in [6, 6.07) is 10.9. The molecule has 0 N–H and O–H groups in total. The lowest BCUT2D eigenvalue weighted by Crippen LogP contribution is -2.56. The highest BCUT2D eigenvalue weighted by atomic mass is 16.7. The van der Waals surface area contributed by atoms with Gasteiger partial charge in [0.05, 0.1) is 0 Å². The summed E-state index contributed by atoms with van der Waals surface area (Å²) in [5, 5.41) is 2.28. The van der Waals surface area contributed by atoms with Crippen LogP contribution in [0.4, 0.5) is 0 Å². The van der Waals surface area contributed by atoms with Gasteiger partial charge in [0.2, 0.25) is 0 Å². The Labute approximate surface area is 150 Å². The van der Waals surface area contributed by atoms with Gasteiger partial charge in [0.15, 0.2) is 0 Å². The molecular formula is C22H39NO. The van der Waals surface area contributed by atoms with E-state index < -0.39 is 0 Å². The highest BCUT2D eigenvalue weighted by Gasteiger charge is 2.41. The second-order valence-corrected chi connectivity index (χ2v) is 9.23. The van der Waals surface area contributed by atoms with Gasteiger partial charge >= 0.3 is 0 Å². The zero-order valence-corrected chi connectivity index (χ0v) is 17.4. The van der Waals surface area contributed by atoms with E-state index in [1.165, 1.54) is 18.4 Å². The van der Waals surface area contributed by atoms with Crippen LogP contribution in [0.5, 0.6) is 0 Å². The fourth-order valence-corrected chi connectivity index (χ4v) is 3.65. The Morgan fingerprint density at radius 3 is 1.92 bits per heavy atom. The van der Waals surface area contributed by atoms with E-state index in [1.807, 2.05) is 0 Å². The van der Waals surface area contributed by atoms with Gasteiger partial charge in [0.1, 0.15) is 6.10 Å². The summed E-state index contributed by atoms with van der Waals surface area (Å²) in [5.41, 5.74) is 1.32. The molecule has 0 radical (unpaired) electrons. The van der Waals surface area contributed by atoms with Crippen LogP contribution in [0.1, 0.15) is 86.8 Å². The second kappa shape index (κ2) is 8.49. The fourth-order valence-electron chi connectivity index (χ4n) is 3.65. The van der Waals surface area contributed by atoms with Crippen LogP contribution in [0.15, 0.2) is 30.3 Å². The molecule has 0 aliphatic heterocycles. The molecule has 1 aromatic carbocycles. The van der Waals surface area contributed by atoms with Crippen LogP contribution in [-0.2, 0) is 4.84 Å². The van der Waals surface area contributed by atoms with Crippen molar-refractivity contribution in [3.63, 3.8) is 0 Å². The molecule has 0 aromatic heterocycles. The molecule has 0 spiro atoms. The van der Waals surface area contributed by atoms with Crippen molar-refractivity contribution >= 4 is 0 Å². The molecular weight excluding hydrogens is 294 g/mol. The Balaban J connectivity index is 3.13. The summed E-state index contributed by atoms with van der Waals surface area (Å²) in [5.74, 6) is 0.581. The average molecular weight is 334 g/mol. The average Bonchev–Trinajstić information content (AvgIpc) is 2.45. The zero-order valence-electron chi connectivity index (χ0n) is 17.4. The van der Waals surface area contributed by atoms with Gasteiger partial charge in [-0.25, -0.2) is 0 Å². The summed E-state index contributed by atoms with van der Waals surface area (Å²) >= 11 is 0. The molecule has 3 unspecified atom stereocenters. The molecule has 1 aromatic rings. The minimum Gasteiger partial charge on any atom is -0.290 e. The number of rotatable bonds is 7. The summed E-state index contributed by atoms with van der Waals surface area (Å²) in [4.78, 5) is 6.59. The molecule has 2 heteroatoms. The van der Waals surface area contributed by atoms with E-state index in [1.54, 1.807) is 0 Å². The Bertz CT molecular complexity index is 469. The zero-order chi connectivity index (χ0) is 18.5. The van der Waals surface area contributed by atoms with Crippen LogP contribution in [0.3, 0.4) is 0 Å². The van der Waals surface area contributed by atoms with Crippen molar-refractivity contribution in [2.75, 3.05) is 0 Å². The van der Waals surface area contributed by atoms with Crippen molar-refractivity contribution in [1.82, 2.24) is 5.06 Å². The molecule has 138 valence electrons. The third kappa shape index (κ3) is 5.89. The van der Waals surface area contributed by atoms with E-state index in [2.05, 4.69) is 97.7 Å². The topological polar surface area (TPSA) is 12.5 Å². The first-order valence-electron chi connectivity index (χ1n) is 9.49. The second-order valence-electron chi connectivity index (χ2n) is 9.23. The first-order chi connectivity index (χ1) is 11.0. The number of nitrogens with zero attached hydrogens (tertiary/aromatic N) is 1. The van der Waals surface area contributed by atoms with Gasteiger partial charge in [-0.2, -0.15) is 5.06 Å². The molecule has 3 atom stereocenters.